The minimum absolute atomic E-state index is 0.134. The molecule has 1 aromatic heterocycles. The minimum Gasteiger partial charge on any atom is -0.491 e. The zero-order chi connectivity index (χ0) is 23.8. The van der Waals surface area contributed by atoms with Crippen LogP contribution in [0.4, 0.5) is 11.4 Å². The SMILES string of the molecule is CCC1CCC(n2cc3cc4c(cc3n2)N2CC[C@@H](C2)OCCOc2cccc(c2)C(=O)N4)CC1. The number of carbonyl (C=O) groups is 1. The molecule has 3 aliphatic rings. The van der Waals surface area contributed by atoms with E-state index in [1.165, 1.54) is 32.1 Å². The van der Waals surface area contributed by atoms with Crippen LogP contribution < -0.4 is 15.0 Å². The van der Waals surface area contributed by atoms with Crippen molar-refractivity contribution in [3.63, 3.8) is 0 Å². The number of ether oxygens (including phenoxy) is 2. The number of hydrogen-bond acceptors (Lipinski definition) is 5. The third kappa shape index (κ3) is 4.61. The summed E-state index contributed by atoms with van der Waals surface area (Å²) < 4.78 is 14.1. The van der Waals surface area contributed by atoms with Gasteiger partial charge in [0, 0.05) is 30.2 Å². The van der Waals surface area contributed by atoms with Crippen molar-refractivity contribution in [2.45, 2.75) is 57.6 Å². The molecule has 7 nitrogen and oxygen atoms in total. The van der Waals surface area contributed by atoms with Crippen LogP contribution >= 0.6 is 0 Å². The van der Waals surface area contributed by atoms with Gasteiger partial charge in [-0.15, -0.1) is 0 Å². The number of anilines is 2. The summed E-state index contributed by atoms with van der Waals surface area (Å²) in [5, 5.41) is 9.25. The molecule has 6 rings (SSSR count). The maximum absolute atomic E-state index is 13.2. The average molecular weight is 475 g/mol. The van der Waals surface area contributed by atoms with E-state index in [-0.39, 0.29) is 12.0 Å². The second kappa shape index (κ2) is 9.53. The van der Waals surface area contributed by atoms with E-state index in [9.17, 15) is 4.79 Å². The Kier molecular flexibility index (Phi) is 6.10. The Morgan fingerprint density at radius 1 is 1.09 bits per heavy atom. The number of nitrogens with zero attached hydrogens (tertiary/aromatic N) is 3. The molecule has 0 spiro atoms. The molecule has 0 unspecified atom stereocenters. The van der Waals surface area contributed by atoms with Gasteiger partial charge in [0.15, 0.2) is 0 Å². The fourth-order valence-corrected chi connectivity index (χ4v) is 5.83. The fourth-order valence-electron chi connectivity index (χ4n) is 5.83. The van der Waals surface area contributed by atoms with Crippen LogP contribution in [0.15, 0.2) is 42.6 Å². The normalized spacial score (nSPS) is 25.0. The Morgan fingerprint density at radius 2 is 1.97 bits per heavy atom. The molecule has 1 amide bonds. The van der Waals surface area contributed by atoms with Gasteiger partial charge >= 0.3 is 0 Å². The molecule has 7 heteroatoms. The molecule has 1 saturated heterocycles. The van der Waals surface area contributed by atoms with Crippen molar-refractivity contribution in [1.29, 1.82) is 0 Å². The number of nitrogens with one attached hydrogen (secondary N) is 1. The van der Waals surface area contributed by atoms with Crippen LogP contribution in [0.5, 0.6) is 5.75 Å². The lowest BCUT2D eigenvalue weighted by Crippen LogP contribution is -2.26. The Bertz CT molecular complexity index is 1210. The lowest BCUT2D eigenvalue weighted by Gasteiger charge is -2.27. The van der Waals surface area contributed by atoms with Crippen molar-refractivity contribution in [2.24, 2.45) is 5.92 Å². The summed E-state index contributed by atoms with van der Waals surface area (Å²) in [5.41, 5.74) is 3.40. The molecule has 3 aromatic rings. The quantitative estimate of drug-likeness (QED) is 0.537. The monoisotopic (exact) mass is 474 g/mol. The molecular formula is C28H34N4O3. The molecule has 2 aliphatic heterocycles. The van der Waals surface area contributed by atoms with Gasteiger partial charge in [0.05, 0.1) is 35.6 Å². The minimum atomic E-state index is -0.134. The molecule has 1 saturated carbocycles. The van der Waals surface area contributed by atoms with Crippen molar-refractivity contribution in [3.05, 3.63) is 48.2 Å². The lowest BCUT2D eigenvalue weighted by molar-refractivity contribution is 0.0465. The summed E-state index contributed by atoms with van der Waals surface area (Å²) in [6.45, 7) is 4.98. The second-order valence-electron chi connectivity index (χ2n) is 10.2. The van der Waals surface area contributed by atoms with Gasteiger partial charge in [-0.25, -0.2) is 0 Å². The molecule has 1 atom stereocenters. The maximum atomic E-state index is 13.2. The predicted octanol–water partition coefficient (Wildman–Crippen LogP) is 5.42. The molecule has 4 bridgehead atoms. The van der Waals surface area contributed by atoms with Gasteiger partial charge in [-0.2, -0.15) is 5.10 Å². The molecule has 1 aliphatic carbocycles. The van der Waals surface area contributed by atoms with Crippen molar-refractivity contribution >= 4 is 28.2 Å². The Hall–Kier alpha value is -3.06. The third-order valence-electron chi connectivity index (χ3n) is 7.94. The van der Waals surface area contributed by atoms with Crippen molar-refractivity contribution in [3.8, 4) is 5.75 Å². The fraction of sp³-hybridized carbons (Fsp3) is 0.500. The zero-order valence-electron chi connectivity index (χ0n) is 20.4. The van der Waals surface area contributed by atoms with Crippen LogP contribution in [0.3, 0.4) is 0 Å². The number of amides is 1. The first-order chi connectivity index (χ1) is 17.2. The molecular weight excluding hydrogens is 440 g/mol. The summed E-state index contributed by atoms with van der Waals surface area (Å²) in [6, 6.07) is 12.0. The van der Waals surface area contributed by atoms with Gasteiger partial charge in [0.1, 0.15) is 12.4 Å². The van der Waals surface area contributed by atoms with E-state index in [1.54, 1.807) is 6.07 Å². The first-order valence-corrected chi connectivity index (χ1v) is 13.1. The first kappa shape index (κ1) is 22.4. The third-order valence-corrected chi connectivity index (χ3v) is 7.94. The van der Waals surface area contributed by atoms with Crippen molar-refractivity contribution < 1.29 is 14.3 Å². The van der Waals surface area contributed by atoms with Crippen molar-refractivity contribution in [2.75, 3.05) is 36.5 Å². The average Bonchev–Trinajstić information content (AvgIpc) is 3.53. The number of aromatic nitrogens is 2. The van der Waals surface area contributed by atoms with Crippen LogP contribution in [-0.2, 0) is 4.74 Å². The molecule has 0 radical (unpaired) electrons. The number of fused-ring (bicyclic) bond motifs is 7. The standard InChI is InChI=1S/C28H34N4O3/c1-2-19-6-8-22(9-7-19)32-17-21-15-26-27(16-25(21)30-32)31-11-10-24(18-31)35-13-12-34-23-5-3-4-20(14-23)28(33)29-26/h3-5,14-17,19,22,24H,2,6-13,18H2,1H3,(H,29,33)/t19?,22?,24-/m0/s1. The Labute approximate surface area is 206 Å². The Morgan fingerprint density at radius 3 is 2.83 bits per heavy atom. The number of hydrogen-bond donors (Lipinski definition) is 1. The van der Waals surface area contributed by atoms with E-state index >= 15 is 0 Å². The van der Waals surface area contributed by atoms with E-state index in [2.05, 4.69) is 40.2 Å². The van der Waals surface area contributed by atoms with Gasteiger partial charge in [-0.1, -0.05) is 19.4 Å². The Balaban J connectivity index is 1.36. The van der Waals surface area contributed by atoms with Gasteiger partial charge < -0.3 is 19.7 Å². The van der Waals surface area contributed by atoms with Crippen LogP contribution in [-0.4, -0.2) is 48.1 Å². The van der Waals surface area contributed by atoms with E-state index in [0.717, 1.165) is 47.7 Å². The van der Waals surface area contributed by atoms with Crippen LogP contribution in [0.2, 0.25) is 0 Å². The van der Waals surface area contributed by atoms with Crippen LogP contribution in [0, 0.1) is 5.92 Å². The summed E-state index contributed by atoms with van der Waals surface area (Å²) in [6.07, 6.45) is 9.47. The van der Waals surface area contributed by atoms with Crippen LogP contribution in [0.25, 0.3) is 10.9 Å². The number of carbonyl (C=O) groups excluding carboxylic acids is 1. The highest BCUT2D eigenvalue weighted by atomic mass is 16.5. The topological polar surface area (TPSA) is 68.6 Å². The summed E-state index contributed by atoms with van der Waals surface area (Å²) in [4.78, 5) is 15.5. The summed E-state index contributed by atoms with van der Waals surface area (Å²) >= 11 is 0. The predicted molar refractivity (Wildman–Crippen MR) is 137 cm³/mol. The highest BCUT2D eigenvalue weighted by Gasteiger charge is 2.27. The van der Waals surface area contributed by atoms with E-state index < -0.39 is 0 Å². The van der Waals surface area contributed by atoms with E-state index in [1.807, 2.05) is 18.2 Å². The maximum Gasteiger partial charge on any atom is 0.255 e. The van der Waals surface area contributed by atoms with Gasteiger partial charge in [-0.3, -0.25) is 9.48 Å². The van der Waals surface area contributed by atoms with Gasteiger partial charge in [0.25, 0.3) is 5.91 Å². The molecule has 2 fully saturated rings. The molecule has 2 aromatic carbocycles. The molecule has 184 valence electrons. The lowest BCUT2D eigenvalue weighted by atomic mass is 9.85. The number of benzene rings is 2. The summed E-state index contributed by atoms with van der Waals surface area (Å²) in [5.74, 6) is 1.40. The highest BCUT2D eigenvalue weighted by Crippen LogP contribution is 2.37. The second-order valence-corrected chi connectivity index (χ2v) is 10.2. The molecule has 3 heterocycles. The van der Waals surface area contributed by atoms with Gasteiger partial charge in [-0.05, 0) is 68.4 Å². The van der Waals surface area contributed by atoms with Crippen molar-refractivity contribution in [1.82, 2.24) is 9.78 Å². The largest absolute Gasteiger partial charge is 0.491 e. The first-order valence-electron chi connectivity index (χ1n) is 13.1. The molecule has 35 heavy (non-hydrogen) atoms. The van der Waals surface area contributed by atoms with E-state index in [0.29, 0.717) is 30.6 Å². The highest BCUT2D eigenvalue weighted by molar-refractivity contribution is 6.07. The smallest absolute Gasteiger partial charge is 0.255 e. The molecule has 1 N–H and O–H groups in total. The number of rotatable bonds is 2. The summed E-state index contributed by atoms with van der Waals surface area (Å²) in [7, 11) is 0. The van der Waals surface area contributed by atoms with Crippen LogP contribution in [0.1, 0.15) is 61.8 Å². The zero-order valence-corrected chi connectivity index (χ0v) is 20.4. The van der Waals surface area contributed by atoms with E-state index in [4.69, 9.17) is 14.6 Å². The van der Waals surface area contributed by atoms with Gasteiger partial charge in [0.2, 0.25) is 0 Å².